The van der Waals surface area contributed by atoms with E-state index in [1.807, 2.05) is 0 Å². The zero-order valence-corrected chi connectivity index (χ0v) is 16.2. The van der Waals surface area contributed by atoms with Crippen LogP contribution >= 0.6 is 0 Å². The van der Waals surface area contributed by atoms with Gasteiger partial charge in [-0.15, -0.1) is 0 Å². The molecule has 1 amide bonds. The lowest BCUT2D eigenvalue weighted by atomic mass is 10.1. The van der Waals surface area contributed by atoms with E-state index >= 15 is 0 Å². The highest BCUT2D eigenvalue weighted by Gasteiger charge is 2.30. The molecule has 1 atom stereocenters. The lowest BCUT2D eigenvalue weighted by Crippen LogP contribution is -2.46. The van der Waals surface area contributed by atoms with Crippen LogP contribution in [0.2, 0.25) is 0 Å². The number of carbonyl (C=O) groups excluding carboxylic acids is 1. The number of hydrogen-bond acceptors (Lipinski definition) is 5. The van der Waals surface area contributed by atoms with Crippen LogP contribution in [-0.2, 0) is 10.2 Å². The number of piperidine rings is 1. The fourth-order valence-corrected chi connectivity index (χ4v) is 3.78. The third kappa shape index (κ3) is 5.16. The molecule has 0 saturated carbocycles. The van der Waals surface area contributed by atoms with Crippen LogP contribution in [0.4, 0.5) is 0 Å². The van der Waals surface area contributed by atoms with E-state index in [2.05, 4.69) is 5.32 Å². The van der Waals surface area contributed by atoms with E-state index in [4.69, 9.17) is 9.84 Å². The molecule has 9 heteroatoms. The number of nitrogens with zero attached hydrogens (tertiary/aromatic N) is 2. The van der Waals surface area contributed by atoms with Gasteiger partial charge in [0, 0.05) is 38.8 Å². The van der Waals surface area contributed by atoms with Crippen molar-refractivity contribution >= 4 is 16.1 Å². The Hall–Kier alpha value is -1.68. The molecule has 1 heterocycles. The normalized spacial score (nSPS) is 17.9. The van der Waals surface area contributed by atoms with Crippen molar-refractivity contribution < 1.29 is 23.1 Å². The predicted molar refractivity (Wildman–Crippen MR) is 98.3 cm³/mol. The topological polar surface area (TPSA) is 99.2 Å². The van der Waals surface area contributed by atoms with Crippen LogP contribution in [0.15, 0.2) is 24.3 Å². The van der Waals surface area contributed by atoms with Crippen LogP contribution in [0.25, 0.3) is 0 Å². The predicted octanol–water partition coefficient (Wildman–Crippen LogP) is 0.447. The molecule has 2 N–H and O–H groups in total. The van der Waals surface area contributed by atoms with Crippen molar-refractivity contribution in [3.63, 3.8) is 0 Å². The molecule has 0 bridgehead atoms. The van der Waals surface area contributed by atoms with Crippen molar-refractivity contribution in [2.45, 2.75) is 31.9 Å². The molecule has 8 nitrogen and oxygen atoms in total. The van der Waals surface area contributed by atoms with E-state index < -0.39 is 10.2 Å². The summed E-state index contributed by atoms with van der Waals surface area (Å²) in [7, 11) is -0.325. The molecule has 0 radical (unpaired) electrons. The first-order chi connectivity index (χ1) is 12.2. The Morgan fingerprint density at radius 3 is 2.38 bits per heavy atom. The largest absolute Gasteiger partial charge is 0.490 e. The summed E-state index contributed by atoms with van der Waals surface area (Å²) in [5.41, 5.74) is 0.490. The number of amides is 1. The van der Waals surface area contributed by atoms with Gasteiger partial charge in [-0.2, -0.15) is 17.0 Å². The third-order valence-corrected chi connectivity index (χ3v) is 6.20. The van der Waals surface area contributed by atoms with E-state index in [0.717, 1.165) is 0 Å². The van der Waals surface area contributed by atoms with Gasteiger partial charge < -0.3 is 15.2 Å². The van der Waals surface area contributed by atoms with Crippen LogP contribution < -0.4 is 10.1 Å². The Kier molecular flexibility index (Phi) is 6.99. The first-order valence-corrected chi connectivity index (χ1v) is 9.99. The molecular formula is C17H27N3O5S. The van der Waals surface area contributed by atoms with Crippen molar-refractivity contribution in [2.24, 2.45) is 0 Å². The second-order valence-corrected chi connectivity index (χ2v) is 8.73. The number of hydrogen-bond donors (Lipinski definition) is 2. The van der Waals surface area contributed by atoms with Gasteiger partial charge in [0.15, 0.2) is 0 Å². The number of aliphatic hydroxyl groups excluding tert-OH is 1. The lowest BCUT2D eigenvalue weighted by molar-refractivity contribution is 0.0922. The zero-order chi connectivity index (χ0) is 19.3. The Morgan fingerprint density at radius 2 is 1.88 bits per heavy atom. The summed E-state index contributed by atoms with van der Waals surface area (Å²) in [5, 5.41) is 11.7. The summed E-state index contributed by atoms with van der Waals surface area (Å²) in [5.74, 6) is 0.394. The van der Waals surface area contributed by atoms with Gasteiger partial charge >= 0.3 is 0 Å². The highest BCUT2D eigenvalue weighted by molar-refractivity contribution is 7.86. The maximum atomic E-state index is 12.1. The number of carbonyl (C=O) groups is 1. The highest BCUT2D eigenvalue weighted by atomic mass is 32.2. The molecular weight excluding hydrogens is 358 g/mol. The van der Waals surface area contributed by atoms with Crippen LogP contribution in [0.3, 0.4) is 0 Å². The van der Waals surface area contributed by atoms with E-state index in [-0.39, 0.29) is 24.7 Å². The summed E-state index contributed by atoms with van der Waals surface area (Å²) < 4.78 is 32.8. The summed E-state index contributed by atoms with van der Waals surface area (Å²) in [6, 6.07) is 6.48. The average molecular weight is 385 g/mol. The minimum absolute atomic E-state index is 0.0577. The standard InChI is InChI=1S/C17H27N3O5S/c1-13(12-21)18-17(22)14-4-6-15(7-5-14)25-16-8-10-20(11-9-16)26(23,24)19(2)3/h4-7,13,16,21H,8-12H2,1-3H3,(H,18,22). The maximum absolute atomic E-state index is 12.1. The Balaban J connectivity index is 1.88. The second kappa shape index (κ2) is 8.81. The highest BCUT2D eigenvalue weighted by Crippen LogP contribution is 2.21. The quantitative estimate of drug-likeness (QED) is 0.710. The smallest absolute Gasteiger partial charge is 0.281 e. The van der Waals surface area contributed by atoms with Crippen LogP contribution in [0.5, 0.6) is 5.75 Å². The van der Waals surface area contributed by atoms with E-state index in [9.17, 15) is 13.2 Å². The molecule has 0 aromatic heterocycles. The molecule has 1 unspecified atom stereocenters. The van der Waals surface area contributed by atoms with Crippen LogP contribution in [0.1, 0.15) is 30.1 Å². The molecule has 1 fully saturated rings. The van der Waals surface area contributed by atoms with Crippen molar-refractivity contribution in [3.05, 3.63) is 29.8 Å². The molecule has 1 aliphatic heterocycles. The van der Waals surface area contributed by atoms with E-state index in [0.29, 0.717) is 37.2 Å². The number of rotatable bonds is 7. The van der Waals surface area contributed by atoms with Gasteiger partial charge in [-0.1, -0.05) is 0 Å². The Labute approximate surface area is 154 Å². The zero-order valence-electron chi connectivity index (χ0n) is 15.4. The minimum atomic E-state index is -3.37. The van der Waals surface area contributed by atoms with Gasteiger partial charge in [0.1, 0.15) is 11.9 Å². The summed E-state index contributed by atoms with van der Waals surface area (Å²) >= 11 is 0. The summed E-state index contributed by atoms with van der Waals surface area (Å²) in [4.78, 5) is 12.0. The van der Waals surface area contributed by atoms with E-state index in [1.165, 1.54) is 22.7 Å². The number of ether oxygens (including phenoxy) is 1. The first-order valence-electron chi connectivity index (χ1n) is 8.60. The summed E-state index contributed by atoms with van der Waals surface area (Å²) in [6.45, 7) is 2.45. The van der Waals surface area contributed by atoms with Crippen LogP contribution in [0, 0.1) is 0 Å². The molecule has 0 spiro atoms. The summed E-state index contributed by atoms with van der Waals surface area (Å²) in [6.07, 6.45) is 1.17. The SMILES string of the molecule is CC(CO)NC(=O)c1ccc(OC2CCN(S(=O)(=O)N(C)C)CC2)cc1. The first kappa shape index (κ1) is 20.6. The van der Waals surface area contributed by atoms with Gasteiger partial charge in [-0.25, -0.2) is 0 Å². The molecule has 1 aromatic rings. The van der Waals surface area contributed by atoms with Crippen molar-refractivity contribution in [1.82, 2.24) is 13.9 Å². The molecule has 2 rings (SSSR count). The van der Waals surface area contributed by atoms with Gasteiger partial charge in [0.25, 0.3) is 16.1 Å². The second-order valence-electron chi connectivity index (χ2n) is 6.59. The van der Waals surface area contributed by atoms with Crippen molar-refractivity contribution in [2.75, 3.05) is 33.8 Å². The minimum Gasteiger partial charge on any atom is -0.490 e. The van der Waals surface area contributed by atoms with Crippen molar-refractivity contribution in [1.29, 1.82) is 0 Å². The fraction of sp³-hybridized carbons (Fsp3) is 0.588. The lowest BCUT2D eigenvalue weighted by Gasteiger charge is -2.32. The molecule has 0 aliphatic carbocycles. The van der Waals surface area contributed by atoms with Crippen LogP contribution in [-0.4, -0.2) is 74.0 Å². The monoisotopic (exact) mass is 385 g/mol. The average Bonchev–Trinajstić information content (AvgIpc) is 2.62. The fourth-order valence-electron chi connectivity index (χ4n) is 2.64. The molecule has 26 heavy (non-hydrogen) atoms. The van der Waals surface area contributed by atoms with Gasteiger partial charge in [-0.3, -0.25) is 4.79 Å². The van der Waals surface area contributed by atoms with Gasteiger partial charge in [0.2, 0.25) is 0 Å². The molecule has 146 valence electrons. The van der Waals surface area contributed by atoms with Gasteiger partial charge in [-0.05, 0) is 44.0 Å². The number of aliphatic hydroxyl groups is 1. The molecule has 1 aliphatic rings. The van der Waals surface area contributed by atoms with Crippen molar-refractivity contribution in [3.8, 4) is 5.75 Å². The molecule has 1 aromatic carbocycles. The molecule has 1 saturated heterocycles. The number of benzene rings is 1. The van der Waals surface area contributed by atoms with E-state index in [1.54, 1.807) is 31.2 Å². The number of nitrogens with one attached hydrogen (secondary N) is 1. The Bertz CT molecular complexity index is 698. The maximum Gasteiger partial charge on any atom is 0.281 e. The third-order valence-electron chi connectivity index (χ3n) is 4.26. The Morgan fingerprint density at radius 1 is 1.31 bits per heavy atom. The van der Waals surface area contributed by atoms with Gasteiger partial charge in [0.05, 0.1) is 6.61 Å².